The van der Waals surface area contributed by atoms with Crippen molar-refractivity contribution >= 4 is 12.0 Å². The van der Waals surface area contributed by atoms with E-state index in [1.807, 2.05) is 60.4 Å². The van der Waals surface area contributed by atoms with Crippen LogP contribution in [0.25, 0.3) is 11.1 Å². The molecule has 2 amide bonds. The van der Waals surface area contributed by atoms with E-state index in [0.717, 1.165) is 37.2 Å². The number of ether oxygens (including phenoxy) is 1. The molecular formula is C37H49FN4O4. The Morgan fingerprint density at radius 1 is 1.07 bits per heavy atom. The van der Waals surface area contributed by atoms with Crippen LogP contribution in [0.1, 0.15) is 59.2 Å². The lowest BCUT2D eigenvalue weighted by molar-refractivity contribution is -0.0564. The number of rotatable bonds is 14. The molecule has 3 aromatic carbocycles. The largest absolute Gasteiger partial charge is 0.453 e. The Balaban J connectivity index is 1.55. The smallest absolute Gasteiger partial charge is 0.406 e. The Kier molecular flexibility index (Phi) is 12.7. The highest BCUT2D eigenvalue weighted by atomic mass is 19.1. The van der Waals surface area contributed by atoms with Gasteiger partial charge in [0.15, 0.2) is 0 Å². The van der Waals surface area contributed by atoms with E-state index in [0.29, 0.717) is 54.6 Å². The number of amides is 2. The number of piperidine rings is 1. The van der Waals surface area contributed by atoms with Crippen molar-refractivity contribution in [1.29, 1.82) is 0 Å². The van der Waals surface area contributed by atoms with Crippen LogP contribution in [0.5, 0.6) is 0 Å². The molecule has 0 radical (unpaired) electrons. The number of benzene rings is 3. The fourth-order valence-corrected chi connectivity index (χ4v) is 6.41. The maximum atomic E-state index is 15.7. The summed E-state index contributed by atoms with van der Waals surface area (Å²) in [7, 11) is 5.44. The molecule has 3 aromatic rings. The summed E-state index contributed by atoms with van der Waals surface area (Å²) in [5.41, 5.74) is 2.80. The van der Waals surface area contributed by atoms with Gasteiger partial charge in [-0.1, -0.05) is 54.1 Å². The molecule has 1 saturated heterocycles. The number of alkyl carbamates (subject to hydrolysis) is 1. The second-order valence-electron chi connectivity index (χ2n) is 12.6. The van der Waals surface area contributed by atoms with E-state index in [-0.39, 0.29) is 24.8 Å². The molecule has 1 aliphatic rings. The van der Waals surface area contributed by atoms with Crippen molar-refractivity contribution in [2.45, 2.75) is 51.2 Å². The molecule has 8 nitrogen and oxygen atoms in total. The molecule has 248 valence electrons. The van der Waals surface area contributed by atoms with Gasteiger partial charge in [-0.3, -0.25) is 4.79 Å². The molecule has 2 atom stereocenters. The third-order valence-electron chi connectivity index (χ3n) is 8.85. The van der Waals surface area contributed by atoms with E-state index in [9.17, 15) is 14.7 Å². The van der Waals surface area contributed by atoms with Gasteiger partial charge in [0.05, 0.1) is 12.7 Å². The van der Waals surface area contributed by atoms with E-state index in [1.54, 1.807) is 12.1 Å². The Hall–Kier alpha value is -3.79. The monoisotopic (exact) mass is 632 g/mol. The number of carbonyl (C=O) groups is 2. The van der Waals surface area contributed by atoms with Gasteiger partial charge in [0.2, 0.25) is 0 Å². The van der Waals surface area contributed by atoms with Crippen LogP contribution in [-0.2, 0) is 16.9 Å². The van der Waals surface area contributed by atoms with E-state index < -0.39 is 17.5 Å². The van der Waals surface area contributed by atoms with Crippen molar-refractivity contribution in [2.24, 2.45) is 5.92 Å². The summed E-state index contributed by atoms with van der Waals surface area (Å²) in [6.07, 6.45) is 2.61. The first-order valence-electron chi connectivity index (χ1n) is 16.3. The van der Waals surface area contributed by atoms with Gasteiger partial charge < -0.3 is 30.3 Å². The molecule has 0 bridgehead atoms. The first kappa shape index (κ1) is 35.1. The first-order chi connectivity index (χ1) is 22.1. The summed E-state index contributed by atoms with van der Waals surface area (Å²) in [4.78, 5) is 29.4. The zero-order valence-electron chi connectivity index (χ0n) is 27.7. The molecule has 1 fully saturated rings. The second-order valence-corrected chi connectivity index (χ2v) is 12.6. The van der Waals surface area contributed by atoms with Crippen molar-refractivity contribution < 1.29 is 23.8 Å². The predicted molar refractivity (Wildman–Crippen MR) is 180 cm³/mol. The van der Waals surface area contributed by atoms with Crippen molar-refractivity contribution in [2.75, 3.05) is 53.9 Å². The van der Waals surface area contributed by atoms with Crippen LogP contribution in [0.2, 0.25) is 0 Å². The lowest BCUT2D eigenvalue weighted by Crippen LogP contribution is -2.48. The number of methoxy groups -OCH3 is 1. The van der Waals surface area contributed by atoms with Crippen LogP contribution in [-0.4, -0.2) is 80.8 Å². The minimum Gasteiger partial charge on any atom is -0.453 e. The van der Waals surface area contributed by atoms with Gasteiger partial charge in [0.1, 0.15) is 5.82 Å². The fourth-order valence-electron chi connectivity index (χ4n) is 6.41. The Labute approximate surface area is 272 Å². The molecule has 1 aliphatic heterocycles. The summed E-state index contributed by atoms with van der Waals surface area (Å²) >= 11 is 0. The average molecular weight is 633 g/mol. The van der Waals surface area contributed by atoms with Crippen LogP contribution in [0, 0.1) is 18.7 Å². The number of aryl methyl sites for hydroxylation is 1. The van der Waals surface area contributed by atoms with Gasteiger partial charge in [0.25, 0.3) is 5.91 Å². The van der Waals surface area contributed by atoms with E-state index in [1.165, 1.54) is 13.2 Å². The quantitative estimate of drug-likeness (QED) is 0.197. The van der Waals surface area contributed by atoms with E-state index in [4.69, 9.17) is 4.74 Å². The predicted octanol–water partition coefficient (Wildman–Crippen LogP) is 5.72. The second kappa shape index (κ2) is 16.7. The van der Waals surface area contributed by atoms with Crippen LogP contribution < -0.4 is 10.6 Å². The number of nitrogens with zero attached hydrogens (tertiary/aromatic N) is 2. The van der Waals surface area contributed by atoms with Crippen LogP contribution >= 0.6 is 0 Å². The first-order valence-corrected chi connectivity index (χ1v) is 16.3. The third kappa shape index (κ3) is 9.15. The zero-order chi connectivity index (χ0) is 33.1. The van der Waals surface area contributed by atoms with Gasteiger partial charge in [-0.25, -0.2) is 9.18 Å². The third-order valence-corrected chi connectivity index (χ3v) is 8.85. The molecule has 4 rings (SSSR count). The highest BCUT2D eigenvalue weighted by Crippen LogP contribution is 2.44. The fraction of sp³-hybridized carbons (Fsp3) is 0.459. The molecule has 46 heavy (non-hydrogen) atoms. The number of halogens is 1. The normalized spacial score (nSPS) is 16.2. The standard InChI is InChI=1S/C37H49FN4O4/c1-27-10-5-11-30(24-27)34-32(13-6-14-33(34)38)37(45,19-8-21-40-36(44)46-4)31-12-7-23-42(26-31)35(43)29-17-15-28(16-18-29)25-39-20-9-22-41(2)3/h5-6,10-11,13-18,24,31,39,45H,7-9,12,19-23,25-26H2,1-4H3,(H,40,44). The van der Waals surface area contributed by atoms with E-state index >= 15 is 4.39 Å². The number of likely N-dealkylation sites (tertiary alicyclic amines) is 1. The lowest BCUT2D eigenvalue weighted by Gasteiger charge is -2.43. The topological polar surface area (TPSA) is 94.1 Å². The number of aliphatic hydroxyl groups is 1. The van der Waals surface area contributed by atoms with Crippen molar-refractivity contribution in [3.63, 3.8) is 0 Å². The summed E-state index contributed by atoms with van der Waals surface area (Å²) in [6, 6.07) is 20.2. The summed E-state index contributed by atoms with van der Waals surface area (Å²) in [5.74, 6) is -0.840. The average Bonchev–Trinajstić information content (AvgIpc) is 3.06. The SMILES string of the molecule is COC(=O)NCCCC(O)(c1cccc(F)c1-c1cccc(C)c1)C1CCCN(C(=O)c2ccc(CNCCCN(C)C)cc2)C1. The van der Waals surface area contributed by atoms with Crippen molar-refractivity contribution in [1.82, 2.24) is 20.4 Å². The van der Waals surface area contributed by atoms with E-state index in [2.05, 4.69) is 29.6 Å². The number of carbonyl (C=O) groups excluding carboxylic acids is 2. The molecule has 0 aromatic heterocycles. The number of nitrogens with one attached hydrogen (secondary N) is 2. The van der Waals surface area contributed by atoms with Gasteiger partial charge in [-0.05, 0) is 101 Å². The van der Waals surface area contributed by atoms with Crippen LogP contribution in [0.3, 0.4) is 0 Å². The maximum Gasteiger partial charge on any atom is 0.406 e. The van der Waals surface area contributed by atoms with Gasteiger partial charge in [-0.15, -0.1) is 0 Å². The van der Waals surface area contributed by atoms with Gasteiger partial charge in [0, 0.05) is 43.2 Å². The highest BCUT2D eigenvalue weighted by Gasteiger charge is 2.43. The summed E-state index contributed by atoms with van der Waals surface area (Å²) in [5, 5.41) is 18.8. The van der Waals surface area contributed by atoms with Gasteiger partial charge >= 0.3 is 6.09 Å². The molecule has 0 spiro atoms. The molecule has 0 aliphatic carbocycles. The molecule has 1 heterocycles. The highest BCUT2D eigenvalue weighted by molar-refractivity contribution is 5.94. The minimum atomic E-state index is -1.46. The van der Waals surface area contributed by atoms with Crippen molar-refractivity contribution in [3.05, 3.63) is 94.8 Å². The van der Waals surface area contributed by atoms with Crippen molar-refractivity contribution in [3.8, 4) is 11.1 Å². The van der Waals surface area contributed by atoms with Crippen LogP contribution in [0.4, 0.5) is 9.18 Å². The number of hydrogen-bond donors (Lipinski definition) is 3. The summed E-state index contributed by atoms with van der Waals surface area (Å²) < 4.78 is 20.4. The molecule has 2 unspecified atom stereocenters. The Morgan fingerprint density at radius 3 is 2.54 bits per heavy atom. The molecule has 9 heteroatoms. The maximum absolute atomic E-state index is 15.7. The van der Waals surface area contributed by atoms with Crippen LogP contribution in [0.15, 0.2) is 66.7 Å². The number of hydrogen-bond acceptors (Lipinski definition) is 6. The lowest BCUT2D eigenvalue weighted by atomic mass is 9.72. The Morgan fingerprint density at radius 2 is 1.83 bits per heavy atom. The minimum absolute atomic E-state index is 0.0805. The molecule has 0 saturated carbocycles. The summed E-state index contributed by atoms with van der Waals surface area (Å²) in [6.45, 7) is 5.85. The van der Waals surface area contributed by atoms with Gasteiger partial charge in [-0.2, -0.15) is 0 Å². The molecular weight excluding hydrogens is 583 g/mol. The molecule has 3 N–H and O–H groups in total. The Bertz CT molecular complexity index is 1450. The zero-order valence-corrected chi connectivity index (χ0v) is 27.7.